The lowest BCUT2D eigenvalue weighted by molar-refractivity contribution is -0.122. The van der Waals surface area contributed by atoms with Gasteiger partial charge < -0.3 is 15.5 Å². The molecule has 2 aromatic rings. The Kier molecular flexibility index (Phi) is 3.11. The Labute approximate surface area is 140 Å². The summed E-state index contributed by atoms with van der Waals surface area (Å²) in [6.07, 6.45) is 7.84. The fourth-order valence-corrected chi connectivity index (χ4v) is 3.92. The first-order valence-corrected chi connectivity index (χ1v) is 8.85. The van der Waals surface area contributed by atoms with Gasteiger partial charge >= 0.3 is 0 Å². The van der Waals surface area contributed by atoms with Crippen LogP contribution in [0.5, 0.6) is 0 Å². The third kappa shape index (κ3) is 2.28. The molecule has 0 aromatic carbocycles. The van der Waals surface area contributed by atoms with Crippen LogP contribution in [0.25, 0.3) is 10.9 Å². The Morgan fingerprint density at radius 2 is 2.21 bits per heavy atom. The summed E-state index contributed by atoms with van der Waals surface area (Å²) in [4.78, 5) is 23.4. The van der Waals surface area contributed by atoms with Gasteiger partial charge in [0, 0.05) is 54.4 Å². The number of aromatic nitrogens is 2. The maximum atomic E-state index is 12.0. The molecular weight excluding hydrogens is 302 g/mol. The van der Waals surface area contributed by atoms with E-state index in [-0.39, 0.29) is 17.9 Å². The molecule has 4 heterocycles. The minimum absolute atomic E-state index is 0.246. The van der Waals surface area contributed by atoms with Crippen molar-refractivity contribution in [2.45, 2.75) is 31.7 Å². The predicted octanol–water partition coefficient (Wildman–Crippen LogP) is 1.70. The molecule has 1 unspecified atom stereocenters. The Morgan fingerprint density at radius 1 is 1.29 bits per heavy atom. The van der Waals surface area contributed by atoms with E-state index >= 15 is 0 Å². The maximum absolute atomic E-state index is 12.0. The van der Waals surface area contributed by atoms with Crippen LogP contribution in [0.4, 0.5) is 11.5 Å². The first-order valence-electron chi connectivity index (χ1n) is 8.85. The van der Waals surface area contributed by atoms with E-state index in [1.807, 2.05) is 12.4 Å². The zero-order valence-corrected chi connectivity index (χ0v) is 13.6. The van der Waals surface area contributed by atoms with Gasteiger partial charge in [0.05, 0.1) is 11.7 Å². The molecule has 2 N–H and O–H groups in total. The number of fused-ring (bicyclic) bond motifs is 3. The fourth-order valence-electron chi connectivity index (χ4n) is 3.92. The highest BCUT2D eigenvalue weighted by Crippen LogP contribution is 2.35. The number of nitrogens with zero attached hydrogens (tertiary/aromatic N) is 3. The number of carbonyl (C=O) groups excluding carboxylic acids is 1. The molecule has 24 heavy (non-hydrogen) atoms. The van der Waals surface area contributed by atoms with Crippen molar-refractivity contribution in [1.82, 2.24) is 15.3 Å². The summed E-state index contributed by atoms with van der Waals surface area (Å²) in [6, 6.07) is 2.36. The second-order valence-corrected chi connectivity index (χ2v) is 7.07. The van der Waals surface area contributed by atoms with Crippen molar-refractivity contribution in [1.29, 1.82) is 0 Å². The molecule has 1 atom stereocenters. The zero-order chi connectivity index (χ0) is 16.1. The lowest BCUT2D eigenvalue weighted by atomic mass is 10.1. The molecule has 0 spiro atoms. The average Bonchev–Trinajstić information content (AvgIpc) is 3.17. The first-order chi connectivity index (χ1) is 11.8. The maximum Gasteiger partial charge on any atom is 0.223 e. The van der Waals surface area contributed by atoms with Gasteiger partial charge in [-0.15, -0.1) is 0 Å². The third-order valence-electron chi connectivity index (χ3n) is 5.35. The SMILES string of the molecule is O=C(NC1CCN(c2ccnc3cnc4c(c23)CCN4)C1)C1CC1. The number of hydrogen-bond acceptors (Lipinski definition) is 5. The minimum Gasteiger partial charge on any atom is -0.369 e. The molecule has 1 aliphatic carbocycles. The van der Waals surface area contributed by atoms with E-state index in [0.29, 0.717) is 0 Å². The number of carbonyl (C=O) groups is 1. The van der Waals surface area contributed by atoms with Gasteiger partial charge in [0.15, 0.2) is 0 Å². The van der Waals surface area contributed by atoms with Crippen LogP contribution in [0, 0.1) is 5.92 Å². The summed E-state index contributed by atoms with van der Waals surface area (Å²) in [5, 5.41) is 7.79. The fraction of sp³-hybridized carbons (Fsp3) is 0.500. The summed E-state index contributed by atoms with van der Waals surface area (Å²) in [7, 11) is 0. The lowest BCUT2D eigenvalue weighted by Gasteiger charge is -2.22. The Hall–Kier alpha value is -2.37. The minimum atomic E-state index is 0.246. The molecule has 1 saturated heterocycles. The van der Waals surface area contributed by atoms with Gasteiger partial charge in [0.25, 0.3) is 0 Å². The molecule has 1 amide bonds. The number of amides is 1. The molecule has 0 radical (unpaired) electrons. The third-order valence-corrected chi connectivity index (χ3v) is 5.35. The van der Waals surface area contributed by atoms with Crippen molar-refractivity contribution in [2.75, 3.05) is 29.9 Å². The molecule has 2 fully saturated rings. The van der Waals surface area contributed by atoms with Crippen LogP contribution in [0.1, 0.15) is 24.8 Å². The average molecular weight is 323 g/mol. The topological polar surface area (TPSA) is 70.2 Å². The van der Waals surface area contributed by atoms with Crippen molar-refractivity contribution >= 4 is 28.3 Å². The highest BCUT2D eigenvalue weighted by molar-refractivity contribution is 5.97. The van der Waals surface area contributed by atoms with Crippen LogP contribution in [-0.2, 0) is 11.2 Å². The van der Waals surface area contributed by atoms with Gasteiger partial charge in [-0.2, -0.15) is 0 Å². The van der Waals surface area contributed by atoms with Crippen molar-refractivity contribution < 1.29 is 4.79 Å². The summed E-state index contributed by atoms with van der Waals surface area (Å²) in [5.74, 6) is 1.52. The summed E-state index contributed by atoms with van der Waals surface area (Å²) < 4.78 is 0. The molecule has 6 nitrogen and oxygen atoms in total. The molecule has 5 rings (SSSR count). The van der Waals surface area contributed by atoms with Gasteiger partial charge in [-0.3, -0.25) is 9.78 Å². The monoisotopic (exact) mass is 323 g/mol. The van der Waals surface area contributed by atoms with Crippen LogP contribution >= 0.6 is 0 Å². The van der Waals surface area contributed by atoms with Crippen LogP contribution in [0.15, 0.2) is 18.5 Å². The van der Waals surface area contributed by atoms with Crippen LogP contribution < -0.4 is 15.5 Å². The highest BCUT2D eigenvalue weighted by Gasteiger charge is 2.33. The first kappa shape index (κ1) is 14.0. The second kappa shape index (κ2) is 5.33. The number of nitrogens with one attached hydrogen (secondary N) is 2. The van der Waals surface area contributed by atoms with Crippen molar-refractivity contribution in [2.24, 2.45) is 5.92 Å². The Morgan fingerprint density at radius 3 is 3.08 bits per heavy atom. The van der Waals surface area contributed by atoms with Crippen LogP contribution in [0.3, 0.4) is 0 Å². The van der Waals surface area contributed by atoms with E-state index in [2.05, 4.69) is 31.6 Å². The summed E-state index contributed by atoms with van der Waals surface area (Å²) >= 11 is 0. The molecule has 2 aromatic heterocycles. The molecular formula is C18H21N5O. The smallest absolute Gasteiger partial charge is 0.223 e. The molecule has 6 heteroatoms. The van der Waals surface area contributed by atoms with E-state index in [9.17, 15) is 4.79 Å². The van der Waals surface area contributed by atoms with Gasteiger partial charge in [-0.05, 0) is 31.7 Å². The molecule has 124 valence electrons. The predicted molar refractivity (Wildman–Crippen MR) is 93.2 cm³/mol. The number of anilines is 2. The number of rotatable bonds is 3. The van der Waals surface area contributed by atoms with Crippen LogP contribution in [0.2, 0.25) is 0 Å². The molecule has 2 aliphatic heterocycles. The Balaban J connectivity index is 1.44. The second-order valence-electron chi connectivity index (χ2n) is 7.07. The molecule has 3 aliphatic rings. The quantitative estimate of drug-likeness (QED) is 0.900. The van der Waals surface area contributed by atoms with E-state index in [4.69, 9.17) is 0 Å². The molecule has 0 bridgehead atoms. The standard InChI is InChI=1S/C18H21N5O/c24-18(11-1-2-11)22-12-5-8-23(10-12)15-4-7-19-14-9-21-17-13(16(14)15)3-6-20-17/h4,7,9,11-12H,1-3,5-6,8,10H2,(H,20,21)(H,22,24). The number of pyridine rings is 2. The van der Waals surface area contributed by atoms with E-state index in [1.54, 1.807) is 0 Å². The van der Waals surface area contributed by atoms with Gasteiger partial charge in [0.1, 0.15) is 5.82 Å². The highest BCUT2D eigenvalue weighted by atomic mass is 16.2. The normalized spacial score (nSPS) is 22.5. The zero-order valence-electron chi connectivity index (χ0n) is 13.6. The van der Waals surface area contributed by atoms with Gasteiger partial charge in [-0.1, -0.05) is 0 Å². The van der Waals surface area contributed by atoms with E-state index in [0.717, 1.165) is 56.7 Å². The molecule has 1 saturated carbocycles. The van der Waals surface area contributed by atoms with E-state index < -0.39 is 0 Å². The van der Waals surface area contributed by atoms with Gasteiger partial charge in [0.2, 0.25) is 5.91 Å². The van der Waals surface area contributed by atoms with E-state index in [1.165, 1.54) is 16.6 Å². The number of hydrogen-bond donors (Lipinski definition) is 2. The lowest BCUT2D eigenvalue weighted by Crippen LogP contribution is -2.38. The van der Waals surface area contributed by atoms with Crippen molar-refractivity contribution in [3.05, 3.63) is 24.0 Å². The Bertz CT molecular complexity index is 816. The van der Waals surface area contributed by atoms with Crippen molar-refractivity contribution in [3.63, 3.8) is 0 Å². The largest absolute Gasteiger partial charge is 0.369 e. The van der Waals surface area contributed by atoms with Crippen LogP contribution in [-0.4, -0.2) is 41.6 Å². The summed E-state index contributed by atoms with van der Waals surface area (Å²) in [6.45, 7) is 2.79. The van der Waals surface area contributed by atoms with Gasteiger partial charge in [-0.25, -0.2) is 4.98 Å². The summed E-state index contributed by atoms with van der Waals surface area (Å²) in [5.41, 5.74) is 3.46. The van der Waals surface area contributed by atoms with Crippen molar-refractivity contribution in [3.8, 4) is 0 Å².